The molecule has 0 heterocycles. The average molecular weight is 1150 g/mol. The molecule has 0 saturated carbocycles. The average Bonchev–Trinajstić information content (AvgIpc) is 3.36. The van der Waals surface area contributed by atoms with E-state index < -0.39 is 77.5 Å². The van der Waals surface area contributed by atoms with Crippen LogP contribution in [0.1, 0.15) is 109 Å². The smallest absolute Gasteiger partial charge is 0.479 e. The number of halogens is 6. The SMILES string of the molecule is CC(C)(C)OC(=O)NC(C(=O)O)c1ccc(OC(F)(F)F)cc1.COC(=O)CCNC(=O)c1ccc(CCN)cc1.COC(=O)CCNC(=O)c1ccc(CCNC(=O)C(NC(=O)OC(C)(C)C)c2ccc(OC(F)(F)F)cc2)cc1. The van der Waals surface area contributed by atoms with Gasteiger partial charge in [0, 0.05) is 30.8 Å². The lowest BCUT2D eigenvalue weighted by Crippen LogP contribution is -2.43. The Morgan fingerprint density at radius 2 is 0.864 bits per heavy atom. The van der Waals surface area contributed by atoms with E-state index in [9.17, 15) is 64.7 Å². The first-order valence-electron chi connectivity index (χ1n) is 24.5. The molecule has 0 saturated heterocycles. The van der Waals surface area contributed by atoms with Gasteiger partial charge in [0.2, 0.25) is 5.91 Å². The van der Waals surface area contributed by atoms with Crippen LogP contribution in [0.15, 0.2) is 97.1 Å². The number of alkyl halides is 6. The molecule has 0 fully saturated rings. The summed E-state index contributed by atoms with van der Waals surface area (Å²) in [4.78, 5) is 94.1. The molecular weight excluding hydrogens is 1090 g/mol. The van der Waals surface area contributed by atoms with Crippen LogP contribution in [0.5, 0.6) is 11.5 Å². The Labute approximate surface area is 462 Å². The van der Waals surface area contributed by atoms with E-state index in [1.807, 2.05) is 12.1 Å². The largest absolute Gasteiger partial charge is 0.573 e. The Bertz CT molecular complexity index is 2680. The molecule has 81 heavy (non-hydrogen) atoms. The monoisotopic (exact) mass is 1150 g/mol. The van der Waals surface area contributed by atoms with E-state index in [1.54, 1.807) is 77.9 Å². The van der Waals surface area contributed by atoms with Gasteiger partial charge in [0.05, 0.1) is 27.1 Å². The number of esters is 2. The first-order valence-corrected chi connectivity index (χ1v) is 24.5. The standard InChI is InChI=1S/C27H32F3N3O7.C14H16F3NO5.C13H18N2O3/c1-26(2,3)40-25(37)33-22(18-9-11-20(12-10-18)39-27(28,29)30)24(36)32-15-13-17-5-7-19(8-6-17)23(35)31-16-14-21(34)38-4;1-13(2,3)23-12(21)18-10(11(19)20)8-4-6-9(7-5-8)22-14(15,16)17;1-18-12(16)7-9-15-13(17)11-4-2-10(3-5-11)6-8-14/h5-12,22H,13-16H2,1-4H3,(H,31,35)(H,32,36)(H,33,37);4-7,10H,1-3H3,(H,18,21)(H,19,20);2-5H,6-9,14H2,1H3,(H,15,17). The van der Waals surface area contributed by atoms with Crippen molar-refractivity contribution in [2.24, 2.45) is 5.73 Å². The quantitative estimate of drug-likeness (QED) is 0.0241. The highest BCUT2D eigenvalue weighted by Crippen LogP contribution is 2.27. The third-order valence-corrected chi connectivity index (χ3v) is 9.99. The second-order valence-electron chi connectivity index (χ2n) is 18.9. The lowest BCUT2D eigenvalue weighted by atomic mass is 10.1. The van der Waals surface area contributed by atoms with Gasteiger partial charge in [-0.1, -0.05) is 48.5 Å². The minimum atomic E-state index is -4.88. The van der Waals surface area contributed by atoms with E-state index >= 15 is 0 Å². The molecule has 27 heteroatoms. The van der Waals surface area contributed by atoms with Crippen LogP contribution in [0, 0.1) is 0 Å². The number of alkyl carbamates (subject to hydrolysis) is 2. The lowest BCUT2D eigenvalue weighted by molar-refractivity contribution is -0.275. The number of methoxy groups -OCH3 is 2. The fourth-order valence-electron chi connectivity index (χ4n) is 6.37. The molecule has 0 aromatic heterocycles. The summed E-state index contributed by atoms with van der Waals surface area (Å²) in [5.41, 5.74) is 6.91. The Kier molecular flexibility index (Phi) is 27.4. The van der Waals surface area contributed by atoms with Gasteiger partial charge in [0.1, 0.15) is 28.7 Å². The fourth-order valence-corrected chi connectivity index (χ4v) is 6.37. The zero-order valence-corrected chi connectivity index (χ0v) is 45.6. The van der Waals surface area contributed by atoms with Crippen LogP contribution in [0.2, 0.25) is 0 Å². The predicted molar refractivity (Wildman–Crippen MR) is 278 cm³/mol. The summed E-state index contributed by atoms with van der Waals surface area (Å²) in [7, 11) is 2.58. The highest BCUT2D eigenvalue weighted by Gasteiger charge is 2.33. The number of aliphatic carboxylic acids is 1. The molecule has 4 aromatic rings. The topological polar surface area (TPSA) is 298 Å². The number of hydrogen-bond acceptors (Lipinski definition) is 15. The number of rotatable bonds is 21. The molecule has 0 radical (unpaired) electrons. The van der Waals surface area contributed by atoms with E-state index in [1.165, 1.54) is 26.4 Å². The maximum absolute atomic E-state index is 13.0. The molecule has 0 bridgehead atoms. The lowest BCUT2D eigenvalue weighted by Gasteiger charge is -2.23. The third kappa shape index (κ3) is 29.3. The first-order chi connectivity index (χ1) is 37.7. The summed E-state index contributed by atoms with van der Waals surface area (Å²) >= 11 is 0. The Morgan fingerprint density at radius 3 is 1.20 bits per heavy atom. The molecule has 444 valence electrons. The molecule has 0 aliphatic heterocycles. The maximum Gasteiger partial charge on any atom is 0.573 e. The number of carboxylic acid groups (broad SMARTS) is 1. The zero-order chi connectivity index (χ0) is 61.1. The summed E-state index contributed by atoms with van der Waals surface area (Å²) in [5.74, 6) is -4.31. The normalized spacial score (nSPS) is 11.9. The van der Waals surface area contributed by atoms with Gasteiger partial charge in [0.15, 0.2) is 6.04 Å². The van der Waals surface area contributed by atoms with Crippen molar-refractivity contribution in [3.8, 4) is 11.5 Å². The molecule has 21 nitrogen and oxygen atoms in total. The number of nitrogens with two attached hydrogens (primary N) is 1. The third-order valence-electron chi connectivity index (χ3n) is 9.99. The van der Waals surface area contributed by atoms with Crippen LogP contribution >= 0.6 is 0 Å². The summed E-state index contributed by atoms with van der Waals surface area (Å²) in [6.07, 6.45) is -10.2. The van der Waals surface area contributed by atoms with Crippen LogP contribution in [0.25, 0.3) is 0 Å². The summed E-state index contributed by atoms with van der Waals surface area (Å²) in [6, 6.07) is 19.8. The second kappa shape index (κ2) is 32.5. The number of carbonyl (C=O) groups excluding carboxylic acids is 7. The Hall–Kier alpha value is -8.62. The molecule has 0 aliphatic carbocycles. The molecular formula is C54H66F6N6O15. The number of carbonyl (C=O) groups is 8. The molecule has 0 aliphatic rings. The van der Waals surface area contributed by atoms with Gasteiger partial charge in [-0.2, -0.15) is 0 Å². The van der Waals surface area contributed by atoms with Crippen molar-refractivity contribution in [2.45, 2.75) is 103 Å². The van der Waals surface area contributed by atoms with E-state index in [-0.39, 0.29) is 61.4 Å². The number of amides is 5. The minimum Gasteiger partial charge on any atom is -0.479 e. The van der Waals surface area contributed by atoms with Gasteiger partial charge < -0.3 is 65.8 Å². The molecule has 8 N–H and O–H groups in total. The maximum atomic E-state index is 13.0. The highest BCUT2D eigenvalue weighted by atomic mass is 19.4. The van der Waals surface area contributed by atoms with Gasteiger partial charge in [-0.3, -0.25) is 24.0 Å². The van der Waals surface area contributed by atoms with Crippen LogP contribution in [0.3, 0.4) is 0 Å². The number of carboxylic acids is 1. The number of hydrogen-bond donors (Lipinski definition) is 7. The first kappa shape index (κ1) is 68.5. The Balaban J connectivity index is 0.000000460. The molecule has 4 aromatic carbocycles. The van der Waals surface area contributed by atoms with Crippen molar-refractivity contribution in [1.82, 2.24) is 26.6 Å². The van der Waals surface area contributed by atoms with Crippen molar-refractivity contribution < 1.29 is 98.2 Å². The number of benzene rings is 4. The Morgan fingerprint density at radius 1 is 0.506 bits per heavy atom. The number of ether oxygens (including phenoxy) is 6. The van der Waals surface area contributed by atoms with Gasteiger partial charge in [-0.15, -0.1) is 26.3 Å². The fraction of sp³-hybridized carbons (Fsp3) is 0.407. The van der Waals surface area contributed by atoms with E-state index in [2.05, 4.69) is 45.5 Å². The molecule has 2 atom stereocenters. The molecule has 5 amide bonds. The van der Waals surface area contributed by atoms with Crippen molar-refractivity contribution in [1.29, 1.82) is 0 Å². The second-order valence-corrected chi connectivity index (χ2v) is 18.9. The highest BCUT2D eigenvalue weighted by molar-refractivity contribution is 5.95. The van der Waals surface area contributed by atoms with Crippen molar-refractivity contribution in [2.75, 3.05) is 40.4 Å². The van der Waals surface area contributed by atoms with Crippen LogP contribution in [0.4, 0.5) is 35.9 Å². The van der Waals surface area contributed by atoms with E-state index in [4.69, 9.17) is 20.3 Å². The minimum absolute atomic E-state index is 0.0509. The van der Waals surface area contributed by atoms with Gasteiger partial charge in [-0.25, -0.2) is 14.4 Å². The molecule has 0 spiro atoms. The van der Waals surface area contributed by atoms with Crippen LogP contribution in [-0.2, 0) is 51.0 Å². The van der Waals surface area contributed by atoms with Crippen LogP contribution < -0.4 is 41.8 Å². The molecule has 2 unspecified atom stereocenters. The van der Waals surface area contributed by atoms with Crippen molar-refractivity contribution >= 4 is 47.8 Å². The summed E-state index contributed by atoms with van der Waals surface area (Å²) in [5, 5.41) is 21.7. The number of nitrogens with one attached hydrogen (secondary N) is 5. The summed E-state index contributed by atoms with van der Waals surface area (Å²) in [6.45, 7) is 10.9. The summed E-state index contributed by atoms with van der Waals surface area (Å²) < 4.78 is 100. The molecule has 4 rings (SSSR count). The van der Waals surface area contributed by atoms with Gasteiger partial charge in [0.25, 0.3) is 11.8 Å². The van der Waals surface area contributed by atoms with Gasteiger partial charge in [-0.05, 0) is 132 Å². The van der Waals surface area contributed by atoms with Crippen molar-refractivity contribution in [3.05, 3.63) is 130 Å². The van der Waals surface area contributed by atoms with E-state index in [0.29, 0.717) is 24.1 Å². The van der Waals surface area contributed by atoms with Crippen LogP contribution in [-0.4, -0.2) is 117 Å². The van der Waals surface area contributed by atoms with Gasteiger partial charge >= 0.3 is 42.8 Å². The van der Waals surface area contributed by atoms with E-state index in [0.717, 1.165) is 53.9 Å². The predicted octanol–water partition coefficient (Wildman–Crippen LogP) is 7.52. The van der Waals surface area contributed by atoms with Crippen molar-refractivity contribution in [3.63, 3.8) is 0 Å². The zero-order valence-electron chi connectivity index (χ0n) is 45.6.